The minimum absolute atomic E-state index is 0.168. The first-order chi connectivity index (χ1) is 14.2. The molecule has 29 heavy (non-hydrogen) atoms. The Morgan fingerprint density at radius 2 is 1.14 bits per heavy atom. The zero-order valence-corrected chi connectivity index (χ0v) is 18.8. The van der Waals surface area contributed by atoms with Gasteiger partial charge in [0, 0.05) is 27.1 Å². The van der Waals surface area contributed by atoms with Gasteiger partial charge in [-0.05, 0) is 44.9 Å². The summed E-state index contributed by atoms with van der Waals surface area (Å²) in [7, 11) is 3.47. The van der Waals surface area contributed by atoms with Crippen molar-refractivity contribution < 1.29 is 9.53 Å². The SMILES string of the molecule is CC/C=C\C/C=C\C/C=C\C/C=C\C/C=C\C/C=C\CCC(=O)N(C)CCOC. The quantitative estimate of drug-likeness (QED) is 0.259. The molecule has 0 atom stereocenters. The molecule has 3 heteroatoms. The van der Waals surface area contributed by atoms with E-state index in [1.807, 2.05) is 7.05 Å². The summed E-state index contributed by atoms with van der Waals surface area (Å²) in [6.07, 6.45) is 33.6. The monoisotopic (exact) mass is 399 g/mol. The van der Waals surface area contributed by atoms with Gasteiger partial charge in [-0.25, -0.2) is 0 Å². The van der Waals surface area contributed by atoms with Crippen LogP contribution >= 0.6 is 0 Å². The smallest absolute Gasteiger partial charge is 0.222 e. The average Bonchev–Trinajstić information content (AvgIpc) is 2.73. The maximum absolute atomic E-state index is 11.8. The second kappa shape index (κ2) is 22.2. The molecule has 0 unspecified atom stereocenters. The first-order valence-corrected chi connectivity index (χ1v) is 10.8. The first kappa shape index (κ1) is 26.9. The van der Waals surface area contributed by atoms with Gasteiger partial charge in [0.05, 0.1) is 6.61 Å². The highest BCUT2D eigenvalue weighted by Crippen LogP contribution is 1.99. The van der Waals surface area contributed by atoms with Crippen LogP contribution in [0.1, 0.15) is 58.3 Å². The minimum Gasteiger partial charge on any atom is -0.383 e. The van der Waals surface area contributed by atoms with E-state index in [-0.39, 0.29) is 5.91 Å². The van der Waals surface area contributed by atoms with E-state index in [0.717, 1.165) is 44.9 Å². The van der Waals surface area contributed by atoms with Crippen molar-refractivity contribution in [2.45, 2.75) is 58.3 Å². The van der Waals surface area contributed by atoms with Crippen LogP contribution in [0, 0.1) is 0 Å². The molecule has 162 valence electrons. The molecule has 0 heterocycles. The molecule has 0 aromatic carbocycles. The third-order valence-corrected chi connectivity index (χ3v) is 4.18. The van der Waals surface area contributed by atoms with E-state index in [9.17, 15) is 4.79 Å². The van der Waals surface area contributed by atoms with Crippen molar-refractivity contribution >= 4 is 5.91 Å². The lowest BCUT2D eigenvalue weighted by Crippen LogP contribution is -2.29. The average molecular weight is 400 g/mol. The Kier molecular flexibility index (Phi) is 20.5. The standard InChI is InChI=1S/C26H41NO2/c1-4-5-6-7-8-9-10-11-12-13-14-15-16-17-18-19-20-21-22-23-26(28)27(2)24-25-29-3/h5-6,8-9,11-12,14-15,17-18,20-21H,4,7,10,13,16,19,22-25H2,1-3H3/b6-5-,9-8-,12-11-,15-14-,18-17-,21-20-. The maximum Gasteiger partial charge on any atom is 0.222 e. The zero-order valence-electron chi connectivity index (χ0n) is 18.8. The van der Waals surface area contributed by atoms with Gasteiger partial charge >= 0.3 is 0 Å². The van der Waals surface area contributed by atoms with Crippen LogP contribution in [0.25, 0.3) is 0 Å². The highest BCUT2D eigenvalue weighted by atomic mass is 16.5. The van der Waals surface area contributed by atoms with E-state index < -0.39 is 0 Å². The molecule has 0 aromatic heterocycles. The molecule has 0 saturated carbocycles. The third-order valence-electron chi connectivity index (χ3n) is 4.18. The van der Waals surface area contributed by atoms with Crippen LogP contribution in [-0.2, 0) is 9.53 Å². The molecule has 0 bridgehead atoms. The molecule has 0 fully saturated rings. The van der Waals surface area contributed by atoms with Gasteiger partial charge in [0.2, 0.25) is 5.91 Å². The van der Waals surface area contributed by atoms with Gasteiger partial charge in [0.25, 0.3) is 0 Å². The predicted molar refractivity (Wildman–Crippen MR) is 127 cm³/mol. The van der Waals surface area contributed by atoms with Crippen LogP contribution in [0.5, 0.6) is 0 Å². The molecule has 0 saturated heterocycles. The topological polar surface area (TPSA) is 29.5 Å². The lowest BCUT2D eigenvalue weighted by molar-refractivity contribution is -0.130. The minimum atomic E-state index is 0.168. The summed E-state index contributed by atoms with van der Waals surface area (Å²) in [4.78, 5) is 13.6. The molecule has 0 N–H and O–H groups in total. The van der Waals surface area contributed by atoms with Crippen molar-refractivity contribution in [1.29, 1.82) is 0 Å². The van der Waals surface area contributed by atoms with Gasteiger partial charge < -0.3 is 9.64 Å². The van der Waals surface area contributed by atoms with E-state index in [0.29, 0.717) is 19.6 Å². The number of rotatable bonds is 17. The van der Waals surface area contributed by atoms with E-state index >= 15 is 0 Å². The number of carbonyl (C=O) groups is 1. The fourth-order valence-electron chi connectivity index (χ4n) is 2.39. The summed E-state index contributed by atoms with van der Waals surface area (Å²) in [5.41, 5.74) is 0. The van der Waals surface area contributed by atoms with Gasteiger partial charge in [-0.3, -0.25) is 4.79 Å². The summed E-state index contributed by atoms with van der Waals surface area (Å²) in [5.74, 6) is 0.168. The van der Waals surface area contributed by atoms with Crippen LogP contribution in [0.3, 0.4) is 0 Å². The van der Waals surface area contributed by atoms with Crippen LogP contribution in [0.4, 0.5) is 0 Å². The Labute approximate surface area is 179 Å². The summed E-state index contributed by atoms with van der Waals surface area (Å²) in [6, 6.07) is 0. The van der Waals surface area contributed by atoms with Crippen LogP contribution in [-0.4, -0.2) is 38.1 Å². The fourth-order valence-corrected chi connectivity index (χ4v) is 2.39. The van der Waals surface area contributed by atoms with Crippen molar-refractivity contribution in [3.05, 3.63) is 72.9 Å². The lowest BCUT2D eigenvalue weighted by Gasteiger charge is -2.15. The van der Waals surface area contributed by atoms with E-state index in [1.165, 1.54) is 0 Å². The van der Waals surface area contributed by atoms with Crippen LogP contribution < -0.4 is 0 Å². The van der Waals surface area contributed by atoms with Crippen molar-refractivity contribution in [1.82, 2.24) is 4.90 Å². The molecule has 3 nitrogen and oxygen atoms in total. The number of carbonyl (C=O) groups excluding carboxylic acids is 1. The number of allylic oxidation sites excluding steroid dienone is 12. The second-order valence-corrected chi connectivity index (χ2v) is 6.76. The second-order valence-electron chi connectivity index (χ2n) is 6.76. The predicted octanol–water partition coefficient (Wildman–Crippen LogP) is 6.57. The van der Waals surface area contributed by atoms with E-state index in [4.69, 9.17) is 4.74 Å². The summed E-state index contributed by atoms with van der Waals surface area (Å²) >= 11 is 0. The molecule has 0 aromatic rings. The molecule has 0 aliphatic heterocycles. The number of likely N-dealkylation sites (N-methyl/N-ethyl adjacent to an activating group) is 1. The summed E-state index contributed by atoms with van der Waals surface area (Å²) < 4.78 is 4.98. The molecule has 0 rings (SSSR count). The summed E-state index contributed by atoms with van der Waals surface area (Å²) in [6.45, 7) is 3.39. The molecule has 1 amide bonds. The first-order valence-electron chi connectivity index (χ1n) is 10.8. The molecular formula is C26H41NO2. The Morgan fingerprint density at radius 1 is 0.724 bits per heavy atom. The van der Waals surface area contributed by atoms with E-state index in [1.54, 1.807) is 12.0 Å². The number of amides is 1. The Morgan fingerprint density at radius 3 is 1.55 bits per heavy atom. The van der Waals surface area contributed by atoms with Gasteiger partial charge in [-0.1, -0.05) is 79.8 Å². The highest BCUT2D eigenvalue weighted by Gasteiger charge is 2.05. The summed E-state index contributed by atoms with van der Waals surface area (Å²) in [5, 5.41) is 0. The highest BCUT2D eigenvalue weighted by molar-refractivity contribution is 5.75. The number of methoxy groups -OCH3 is 1. The van der Waals surface area contributed by atoms with Crippen LogP contribution in [0.2, 0.25) is 0 Å². The molecule has 0 spiro atoms. The van der Waals surface area contributed by atoms with Crippen molar-refractivity contribution in [2.75, 3.05) is 27.3 Å². The van der Waals surface area contributed by atoms with Crippen molar-refractivity contribution in [3.8, 4) is 0 Å². The normalized spacial score (nSPS) is 12.8. The fraction of sp³-hybridized carbons (Fsp3) is 0.500. The van der Waals surface area contributed by atoms with Crippen molar-refractivity contribution in [2.24, 2.45) is 0 Å². The molecule has 0 aliphatic carbocycles. The Bertz CT molecular complexity index is 553. The van der Waals surface area contributed by atoms with Crippen molar-refractivity contribution in [3.63, 3.8) is 0 Å². The number of hydrogen-bond acceptors (Lipinski definition) is 2. The van der Waals surface area contributed by atoms with Gasteiger partial charge in [-0.2, -0.15) is 0 Å². The van der Waals surface area contributed by atoms with Gasteiger partial charge in [-0.15, -0.1) is 0 Å². The largest absolute Gasteiger partial charge is 0.383 e. The number of hydrogen-bond donors (Lipinski definition) is 0. The molecule has 0 aliphatic rings. The van der Waals surface area contributed by atoms with Gasteiger partial charge in [0.1, 0.15) is 0 Å². The molecule has 0 radical (unpaired) electrons. The Balaban J connectivity index is 3.63. The van der Waals surface area contributed by atoms with Gasteiger partial charge in [0.15, 0.2) is 0 Å². The lowest BCUT2D eigenvalue weighted by atomic mass is 10.2. The van der Waals surface area contributed by atoms with Crippen LogP contribution in [0.15, 0.2) is 72.9 Å². The number of nitrogens with zero attached hydrogens (tertiary/aromatic N) is 1. The molecular weight excluding hydrogens is 358 g/mol. The zero-order chi connectivity index (χ0) is 21.4. The Hall–Kier alpha value is -2.13. The number of ether oxygens (including phenoxy) is 1. The van der Waals surface area contributed by atoms with E-state index in [2.05, 4.69) is 79.8 Å². The maximum atomic E-state index is 11.8. The third kappa shape index (κ3) is 20.4.